The van der Waals surface area contributed by atoms with Crippen LogP contribution in [-0.2, 0) is 4.74 Å². The minimum Gasteiger partial charge on any atom is -0.493 e. The molecule has 1 rings (SSSR count). The molecule has 24 heavy (non-hydrogen) atoms. The summed E-state index contributed by atoms with van der Waals surface area (Å²) in [7, 11) is 0. The summed E-state index contributed by atoms with van der Waals surface area (Å²) < 4.78 is 11.4. The molecule has 0 bridgehead atoms. The predicted molar refractivity (Wildman–Crippen MR) is 94.7 cm³/mol. The molecule has 0 aromatic heterocycles. The highest BCUT2D eigenvalue weighted by Gasteiger charge is 2.17. The summed E-state index contributed by atoms with van der Waals surface area (Å²) in [4.78, 5) is 22.8. The molecule has 0 heterocycles. The van der Waals surface area contributed by atoms with Crippen molar-refractivity contribution < 1.29 is 24.2 Å². The fraction of sp³-hybridized carbons (Fsp3) is 0.529. The topological polar surface area (TPSA) is 84.9 Å². The van der Waals surface area contributed by atoms with Gasteiger partial charge in [0.25, 0.3) is 0 Å². The van der Waals surface area contributed by atoms with Gasteiger partial charge in [-0.3, -0.25) is 0 Å². The van der Waals surface area contributed by atoms with Gasteiger partial charge in [-0.15, -0.1) is 0 Å². The first-order valence-electron chi connectivity index (χ1n) is 7.73. The Morgan fingerprint density at radius 3 is 2.58 bits per heavy atom. The smallest absolute Gasteiger partial charge is 0.407 e. The van der Waals surface area contributed by atoms with Crippen molar-refractivity contribution in [3.8, 4) is 5.75 Å². The zero-order chi connectivity index (χ0) is 18.3. The van der Waals surface area contributed by atoms with Gasteiger partial charge in [-0.1, -0.05) is 15.9 Å². The Kier molecular flexibility index (Phi) is 7.54. The summed E-state index contributed by atoms with van der Waals surface area (Å²) in [6.07, 6.45) is 0.918. The number of alkyl carbamates (subject to hydrolysis) is 1. The first kappa shape index (κ1) is 20.3. The van der Waals surface area contributed by atoms with Gasteiger partial charge < -0.3 is 19.9 Å². The molecule has 0 radical (unpaired) electrons. The van der Waals surface area contributed by atoms with Crippen LogP contribution in [0.3, 0.4) is 0 Å². The van der Waals surface area contributed by atoms with Crippen LogP contribution in [0.2, 0.25) is 0 Å². The molecule has 7 heteroatoms. The first-order chi connectivity index (χ1) is 11.1. The number of amides is 1. The number of carbonyl (C=O) groups excluding carboxylic acids is 1. The second-order valence-corrected chi connectivity index (χ2v) is 7.40. The quantitative estimate of drug-likeness (QED) is 0.668. The Hall–Kier alpha value is -1.76. The van der Waals surface area contributed by atoms with Gasteiger partial charge in [0.2, 0.25) is 0 Å². The molecule has 1 aromatic carbocycles. The lowest BCUT2D eigenvalue weighted by molar-refractivity contribution is 0.0503. The van der Waals surface area contributed by atoms with E-state index in [0.29, 0.717) is 29.7 Å². The van der Waals surface area contributed by atoms with E-state index in [2.05, 4.69) is 21.2 Å². The van der Waals surface area contributed by atoms with E-state index in [1.165, 1.54) is 6.07 Å². The fourth-order valence-corrected chi connectivity index (χ4v) is 2.31. The fourth-order valence-electron chi connectivity index (χ4n) is 1.95. The summed E-state index contributed by atoms with van der Waals surface area (Å²) in [5.74, 6) is -0.704. The van der Waals surface area contributed by atoms with Crippen LogP contribution < -0.4 is 10.1 Å². The molecular formula is C17H24BrNO5. The Morgan fingerprint density at radius 2 is 2.00 bits per heavy atom. The zero-order valence-corrected chi connectivity index (χ0v) is 16.0. The molecule has 0 saturated heterocycles. The van der Waals surface area contributed by atoms with Crippen LogP contribution in [0.15, 0.2) is 22.7 Å². The molecule has 1 aromatic rings. The number of hydrogen-bond donors (Lipinski definition) is 2. The van der Waals surface area contributed by atoms with Crippen molar-refractivity contribution in [2.24, 2.45) is 0 Å². The molecule has 2 N–H and O–H groups in total. The molecule has 134 valence electrons. The van der Waals surface area contributed by atoms with E-state index in [9.17, 15) is 9.59 Å². The molecule has 1 atom stereocenters. The minimum absolute atomic E-state index is 0.0627. The summed E-state index contributed by atoms with van der Waals surface area (Å²) in [5.41, 5.74) is -0.411. The highest BCUT2D eigenvalue weighted by atomic mass is 79.9. The lowest BCUT2D eigenvalue weighted by atomic mass is 10.2. The lowest BCUT2D eigenvalue weighted by Crippen LogP contribution is -2.37. The maximum atomic E-state index is 11.6. The highest BCUT2D eigenvalue weighted by molar-refractivity contribution is 9.10. The first-order valence-corrected chi connectivity index (χ1v) is 8.53. The Labute approximate surface area is 150 Å². The van der Waals surface area contributed by atoms with E-state index in [4.69, 9.17) is 14.6 Å². The van der Waals surface area contributed by atoms with Crippen LogP contribution in [0, 0.1) is 0 Å². The number of carboxylic acid groups (broad SMARTS) is 1. The van der Waals surface area contributed by atoms with Gasteiger partial charge in [0.15, 0.2) is 0 Å². The Morgan fingerprint density at radius 1 is 1.33 bits per heavy atom. The molecule has 0 aliphatic rings. The molecule has 0 saturated carbocycles. The van der Waals surface area contributed by atoms with Gasteiger partial charge in [0, 0.05) is 10.5 Å². The number of carbonyl (C=O) groups is 2. The molecule has 0 aliphatic carbocycles. The highest BCUT2D eigenvalue weighted by Crippen LogP contribution is 2.23. The lowest BCUT2D eigenvalue weighted by Gasteiger charge is -2.22. The van der Waals surface area contributed by atoms with Crippen LogP contribution in [-0.4, -0.2) is 35.4 Å². The van der Waals surface area contributed by atoms with E-state index >= 15 is 0 Å². The Bertz CT molecular complexity index is 583. The number of benzene rings is 1. The summed E-state index contributed by atoms with van der Waals surface area (Å²) >= 11 is 3.24. The normalized spacial score (nSPS) is 12.4. The number of hydrogen-bond acceptors (Lipinski definition) is 4. The largest absolute Gasteiger partial charge is 0.493 e. The van der Waals surface area contributed by atoms with Crippen molar-refractivity contribution in [3.63, 3.8) is 0 Å². The zero-order valence-electron chi connectivity index (χ0n) is 14.4. The van der Waals surface area contributed by atoms with Crippen LogP contribution in [0.5, 0.6) is 5.75 Å². The summed E-state index contributed by atoms with van der Waals surface area (Å²) in [6, 6.07) is 4.79. The van der Waals surface area contributed by atoms with E-state index in [1.807, 2.05) is 27.7 Å². The van der Waals surface area contributed by atoms with Crippen LogP contribution in [0.25, 0.3) is 0 Å². The second-order valence-electron chi connectivity index (χ2n) is 6.48. The van der Waals surface area contributed by atoms with Crippen LogP contribution in [0.4, 0.5) is 4.79 Å². The average molecular weight is 402 g/mol. The second kappa shape index (κ2) is 8.92. The summed E-state index contributed by atoms with van der Waals surface area (Å²) in [6.45, 7) is 7.67. The van der Waals surface area contributed by atoms with Gasteiger partial charge in [-0.25, -0.2) is 9.59 Å². The van der Waals surface area contributed by atoms with Crippen LogP contribution >= 0.6 is 15.9 Å². The average Bonchev–Trinajstić information content (AvgIpc) is 2.42. The van der Waals surface area contributed by atoms with Crippen molar-refractivity contribution in [2.75, 3.05) is 6.61 Å². The number of carboxylic acids is 1. The van der Waals surface area contributed by atoms with Crippen molar-refractivity contribution >= 4 is 28.0 Å². The van der Waals surface area contributed by atoms with E-state index in [1.54, 1.807) is 12.1 Å². The molecule has 0 aliphatic heterocycles. The number of aromatic carboxylic acids is 1. The van der Waals surface area contributed by atoms with Crippen molar-refractivity contribution in [2.45, 2.75) is 52.2 Å². The van der Waals surface area contributed by atoms with Gasteiger partial charge in [-0.2, -0.15) is 0 Å². The summed E-state index contributed by atoms with van der Waals surface area (Å²) in [5, 5.41) is 11.9. The molecular weight excluding hydrogens is 378 g/mol. The van der Waals surface area contributed by atoms with Crippen molar-refractivity contribution in [1.29, 1.82) is 0 Å². The number of ether oxygens (including phenoxy) is 2. The molecule has 1 unspecified atom stereocenters. The van der Waals surface area contributed by atoms with Crippen molar-refractivity contribution in [3.05, 3.63) is 28.2 Å². The molecule has 6 nitrogen and oxygen atoms in total. The van der Waals surface area contributed by atoms with Crippen LogP contribution in [0.1, 0.15) is 50.9 Å². The van der Waals surface area contributed by atoms with Gasteiger partial charge in [-0.05, 0) is 58.7 Å². The number of halogens is 1. The van der Waals surface area contributed by atoms with Gasteiger partial charge in [0.05, 0.1) is 6.61 Å². The predicted octanol–water partition coefficient (Wildman–Crippen LogP) is 4.22. The maximum absolute atomic E-state index is 11.6. The van der Waals surface area contributed by atoms with Gasteiger partial charge in [0.1, 0.15) is 16.9 Å². The molecule has 0 fully saturated rings. The number of rotatable bonds is 7. The Balaban J connectivity index is 2.39. The van der Waals surface area contributed by atoms with Gasteiger partial charge >= 0.3 is 12.1 Å². The number of nitrogens with one attached hydrogen (secondary N) is 1. The molecule has 1 amide bonds. The van der Waals surface area contributed by atoms with E-state index in [-0.39, 0.29) is 11.6 Å². The van der Waals surface area contributed by atoms with E-state index in [0.717, 1.165) is 0 Å². The maximum Gasteiger partial charge on any atom is 0.407 e. The third kappa shape index (κ3) is 7.68. The third-order valence-electron chi connectivity index (χ3n) is 2.97. The van der Waals surface area contributed by atoms with E-state index < -0.39 is 17.7 Å². The minimum atomic E-state index is -1.04. The standard InChI is InChI=1S/C17H24BrNO5/c1-11(19-16(22)24-17(2,3)4)6-5-9-23-14-8-7-12(18)10-13(14)15(20)21/h7-8,10-11H,5-6,9H2,1-4H3,(H,19,22)(H,20,21). The third-order valence-corrected chi connectivity index (χ3v) is 3.47. The molecule has 0 spiro atoms. The monoisotopic (exact) mass is 401 g/mol. The SMILES string of the molecule is CC(CCCOc1ccc(Br)cc1C(=O)O)NC(=O)OC(C)(C)C. The van der Waals surface area contributed by atoms with Crippen molar-refractivity contribution in [1.82, 2.24) is 5.32 Å².